The molecule has 1 aliphatic rings. The summed E-state index contributed by atoms with van der Waals surface area (Å²) in [6.45, 7) is 3.51. The fourth-order valence-electron chi connectivity index (χ4n) is 1.54. The third kappa shape index (κ3) is 3.28. The number of nitrogens with zero attached hydrogens (tertiary/aromatic N) is 2. The van der Waals surface area contributed by atoms with E-state index in [-0.39, 0.29) is 31.7 Å². The number of carbonyl (C=O) groups excluding carboxylic acids is 4. The Labute approximate surface area is 105 Å². The molecule has 0 spiro atoms. The molecular weight excluding hydrogens is 240 g/mol. The number of hydroxylamine groups is 2. The number of rotatable bonds is 5. The first-order chi connectivity index (χ1) is 8.49. The molecule has 7 heteroatoms. The van der Waals surface area contributed by atoms with E-state index in [4.69, 9.17) is 0 Å². The molecule has 7 nitrogen and oxygen atoms in total. The molecule has 100 valence electrons. The highest BCUT2D eigenvalue weighted by molar-refractivity contribution is 6.01. The van der Waals surface area contributed by atoms with E-state index in [9.17, 15) is 19.2 Å². The number of hydrogen-bond donors (Lipinski definition) is 0. The van der Waals surface area contributed by atoms with Crippen molar-refractivity contribution in [1.82, 2.24) is 9.96 Å². The summed E-state index contributed by atoms with van der Waals surface area (Å²) in [5.74, 6) is -2.03. The van der Waals surface area contributed by atoms with Crippen molar-refractivity contribution in [2.75, 3.05) is 13.1 Å². The highest BCUT2D eigenvalue weighted by Crippen LogP contribution is 2.12. The predicted molar refractivity (Wildman–Crippen MR) is 59.7 cm³/mol. The van der Waals surface area contributed by atoms with E-state index in [0.717, 1.165) is 0 Å². The number of amides is 3. The number of carbonyl (C=O) groups is 4. The van der Waals surface area contributed by atoms with E-state index in [2.05, 4.69) is 4.84 Å². The van der Waals surface area contributed by atoms with Gasteiger partial charge in [-0.15, -0.1) is 5.06 Å². The van der Waals surface area contributed by atoms with Crippen molar-refractivity contribution in [1.29, 1.82) is 0 Å². The summed E-state index contributed by atoms with van der Waals surface area (Å²) >= 11 is 0. The molecule has 0 unspecified atom stereocenters. The maximum Gasteiger partial charge on any atom is 0.352 e. The van der Waals surface area contributed by atoms with Crippen LogP contribution in [0.5, 0.6) is 0 Å². The lowest BCUT2D eigenvalue weighted by Gasteiger charge is -2.20. The summed E-state index contributed by atoms with van der Waals surface area (Å²) in [5.41, 5.74) is 0. The largest absolute Gasteiger partial charge is 0.352 e. The standard InChI is InChI=1S/C11H16N2O5/c1-3-8(14)12(4-2)7-11(17)18-13-9(15)5-6-10(13)16/h3-7H2,1-2H3. The monoisotopic (exact) mass is 256 g/mol. The Kier molecular flexibility index (Phi) is 4.82. The Morgan fingerprint density at radius 3 is 2.22 bits per heavy atom. The molecule has 1 saturated heterocycles. The van der Waals surface area contributed by atoms with Crippen molar-refractivity contribution in [2.45, 2.75) is 33.1 Å². The van der Waals surface area contributed by atoms with E-state index in [1.54, 1.807) is 13.8 Å². The van der Waals surface area contributed by atoms with Crippen LogP contribution in [0.4, 0.5) is 0 Å². The highest BCUT2D eigenvalue weighted by atomic mass is 16.7. The number of imide groups is 1. The van der Waals surface area contributed by atoms with Crippen LogP contribution < -0.4 is 0 Å². The first-order valence-electron chi connectivity index (χ1n) is 5.83. The van der Waals surface area contributed by atoms with Gasteiger partial charge in [-0.3, -0.25) is 14.4 Å². The van der Waals surface area contributed by atoms with E-state index < -0.39 is 17.8 Å². The zero-order valence-corrected chi connectivity index (χ0v) is 10.5. The quantitative estimate of drug-likeness (QED) is 0.639. The Morgan fingerprint density at radius 1 is 1.22 bits per heavy atom. The van der Waals surface area contributed by atoms with Gasteiger partial charge in [0.1, 0.15) is 6.54 Å². The van der Waals surface area contributed by atoms with E-state index in [0.29, 0.717) is 11.6 Å². The molecule has 1 rings (SSSR count). The fourth-order valence-corrected chi connectivity index (χ4v) is 1.54. The van der Waals surface area contributed by atoms with Crippen LogP contribution in [-0.4, -0.2) is 46.7 Å². The second-order valence-electron chi connectivity index (χ2n) is 3.81. The third-order valence-corrected chi connectivity index (χ3v) is 2.56. The molecule has 0 aromatic rings. The zero-order valence-electron chi connectivity index (χ0n) is 10.5. The van der Waals surface area contributed by atoms with Crippen LogP contribution in [0, 0.1) is 0 Å². The first kappa shape index (κ1) is 14.1. The van der Waals surface area contributed by atoms with Gasteiger partial charge in [-0.05, 0) is 6.92 Å². The van der Waals surface area contributed by atoms with Gasteiger partial charge in [0.2, 0.25) is 5.91 Å². The summed E-state index contributed by atoms with van der Waals surface area (Å²) in [5, 5.41) is 0.479. The maximum absolute atomic E-state index is 11.5. The molecule has 1 aliphatic heterocycles. The summed E-state index contributed by atoms with van der Waals surface area (Å²) < 4.78 is 0. The maximum atomic E-state index is 11.5. The first-order valence-corrected chi connectivity index (χ1v) is 5.83. The van der Waals surface area contributed by atoms with Gasteiger partial charge in [0.25, 0.3) is 11.8 Å². The van der Waals surface area contributed by atoms with Crippen molar-refractivity contribution in [3.63, 3.8) is 0 Å². The summed E-state index contributed by atoms with van der Waals surface area (Å²) in [7, 11) is 0. The Morgan fingerprint density at radius 2 is 1.78 bits per heavy atom. The molecule has 1 heterocycles. The smallest absolute Gasteiger partial charge is 0.332 e. The molecular formula is C11H16N2O5. The van der Waals surface area contributed by atoms with Crippen LogP contribution in [0.25, 0.3) is 0 Å². The Bertz CT molecular complexity index is 364. The number of hydrogen-bond acceptors (Lipinski definition) is 5. The average molecular weight is 256 g/mol. The zero-order chi connectivity index (χ0) is 13.7. The van der Waals surface area contributed by atoms with Crippen LogP contribution in [0.1, 0.15) is 33.1 Å². The molecule has 0 N–H and O–H groups in total. The van der Waals surface area contributed by atoms with Gasteiger partial charge in [-0.25, -0.2) is 4.79 Å². The van der Waals surface area contributed by atoms with Crippen molar-refractivity contribution in [3.8, 4) is 0 Å². The number of likely N-dealkylation sites (N-methyl/N-ethyl adjacent to an activating group) is 1. The van der Waals surface area contributed by atoms with E-state index in [1.807, 2.05) is 0 Å². The highest BCUT2D eigenvalue weighted by Gasteiger charge is 2.33. The second kappa shape index (κ2) is 6.13. The minimum absolute atomic E-state index is 0.0531. The van der Waals surface area contributed by atoms with Crippen molar-refractivity contribution < 1.29 is 24.0 Å². The van der Waals surface area contributed by atoms with Crippen LogP contribution >= 0.6 is 0 Å². The summed E-state index contributed by atoms with van der Waals surface area (Å²) in [6, 6.07) is 0. The lowest BCUT2D eigenvalue weighted by Crippen LogP contribution is -2.40. The SMILES string of the molecule is CCC(=O)N(CC)CC(=O)ON1C(=O)CCC1=O. The van der Waals surface area contributed by atoms with Crippen LogP contribution in [0.3, 0.4) is 0 Å². The van der Waals surface area contributed by atoms with Gasteiger partial charge in [0.15, 0.2) is 0 Å². The lowest BCUT2D eigenvalue weighted by molar-refractivity contribution is -0.198. The van der Waals surface area contributed by atoms with Gasteiger partial charge in [-0.1, -0.05) is 6.92 Å². The Balaban J connectivity index is 2.53. The predicted octanol–water partition coefficient (Wildman–Crippen LogP) is -0.148. The molecule has 1 fully saturated rings. The van der Waals surface area contributed by atoms with E-state index >= 15 is 0 Å². The molecule has 0 saturated carbocycles. The van der Waals surface area contributed by atoms with Crippen LogP contribution in [-0.2, 0) is 24.0 Å². The fraction of sp³-hybridized carbons (Fsp3) is 0.636. The second-order valence-corrected chi connectivity index (χ2v) is 3.81. The summed E-state index contributed by atoms with van der Waals surface area (Å²) in [4.78, 5) is 51.3. The van der Waals surface area contributed by atoms with Crippen LogP contribution in [0.15, 0.2) is 0 Å². The molecule has 0 radical (unpaired) electrons. The lowest BCUT2D eigenvalue weighted by atomic mass is 10.4. The molecule has 0 bridgehead atoms. The minimum Gasteiger partial charge on any atom is -0.332 e. The molecule has 0 aliphatic carbocycles. The van der Waals surface area contributed by atoms with E-state index in [1.165, 1.54) is 4.90 Å². The van der Waals surface area contributed by atoms with Crippen LogP contribution in [0.2, 0.25) is 0 Å². The van der Waals surface area contributed by atoms with Gasteiger partial charge in [0, 0.05) is 25.8 Å². The van der Waals surface area contributed by atoms with Crippen molar-refractivity contribution >= 4 is 23.7 Å². The normalized spacial score (nSPS) is 14.9. The van der Waals surface area contributed by atoms with Crippen molar-refractivity contribution in [3.05, 3.63) is 0 Å². The third-order valence-electron chi connectivity index (χ3n) is 2.56. The Hall–Kier alpha value is -1.92. The van der Waals surface area contributed by atoms with Gasteiger partial charge >= 0.3 is 5.97 Å². The molecule has 0 aromatic heterocycles. The molecule has 18 heavy (non-hydrogen) atoms. The summed E-state index contributed by atoms with van der Waals surface area (Å²) in [6.07, 6.45) is 0.387. The average Bonchev–Trinajstić information content (AvgIpc) is 2.66. The minimum atomic E-state index is -0.790. The molecule has 0 aromatic carbocycles. The topological polar surface area (TPSA) is 84.0 Å². The van der Waals surface area contributed by atoms with Crippen molar-refractivity contribution in [2.24, 2.45) is 0 Å². The van der Waals surface area contributed by atoms with Gasteiger partial charge in [0.05, 0.1) is 0 Å². The van der Waals surface area contributed by atoms with Gasteiger partial charge < -0.3 is 9.74 Å². The van der Waals surface area contributed by atoms with Gasteiger partial charge in [-0.2, -0.15) is 0 Å². The molecule has 3 amide bonds. The molecule has 0 atom stereocenters.